The van der Waals surface area contributed by atoms with E-state index >= 15 is 0 Å². The number of hydrogen-bond acceptors (Lipinski definition) is 7. The van der Waals surface area contributed by atoms with Gasteiger partial charge in [0, 0.05) is 19.6 Å². The Morgan fingerprint density at radius 1 is 0.644 bits per heavy atom. The number of allylic oxidation sites excluding steroid dienone is 4. The molecular weight excluding hydrogens is 589 g/mol. The fraction of sp³-hybridized carbons (Fsp3) is 0.861. The molecule has 3 N–H and O–H groups in total. The van der Waals surface area contributed by atoms with Crippen LogP contribution >= 0.6 is 7.82 Å². The van der Waals surface area contributed by atoms with Crippen LogP contribution in [0.3, 0.4) is 0 Å². The molecule has 0 aliphatic rings. The van der Waals surface area contributed by atoms with E-state index in [0.29, 0.717) is 13.0 Å². The minimum absolute atomic E-state index is 0.0974. The number of phosphoric acid groups is 1. The van der Waals surface area contributed by atoms with Gasteiger partial charge >= 0.3 is 13.8 Å². The highest BCUT2D eigenvalue weighted by molar-refractivity contribution is 7.47. The van der Waals surface area contributed by atoms with Gasteiger partial charge in [-0.05, 0) is 57.8 Å². The molecule has 2 atom stereocenters. The molecule has 0 aromatic heterocycles. The maximum absolute atomic E-state index is 12.5. The van der Waals surface area contributed by atoms with Gasteiger partial charge < -0.3 is 20.1 Å². The highest BCUT2D eigenvalue weighted by Gasteiger charge is 2.25. The third-order valence-corrected chi connectivity index (χ3v) is 8.56. The van der Waals surface area contributed by atoms with Crippen molar-refractivity contribution in [2.75, 3.05) is 33.0 Å². The Hall–Kier alpha value is -1.02. The van der Waals surface area contributed by atoms with Gasteiger partial charge in [-0.15, -0.1) is 0 Å². The summed E-state index contributed by atoms with van der Waals surface area (Å²) < 4.78 is 33.2. The van der Waals surface area contributed by atoms with E-state index in [1.807, 2.05) is 0 Å². The molecule has 0 aromatic rings. The number of esters is 1. The molecule has 0 saturated heterocycles. The normalized spacial score (nSPS) is 14.0. The van der Waals surface area contributed by atoms with Crippen LogP contribution in [-0.4, -0.2) is 49.9 Å². The van der Waals surface area contributed by atoms with Crippen molar-refractivity contribution in [2.45, 2.75) is 168 Å². The van der Waals surface area contributed by atoms with E-state index in [4.69, 9.17) is 24.3 Å². The summed E-state index contributed by atoms with van der Waals surface area (Å²) in [7, 11) is -4.27. The first-order chi connectivity index (χ1) is 21.9. The fourth-order valence-electron chi connectivity index (χ4n) is 4.87. The van der Waals surface area contributed by atoms with E-state index in [-0.39, 0.29) is 32.3 Å². The van der Waals surface area contributed by atoms with Gasteiger partial charge in [-0.2, -0.15) is 0 Å². The number of carbonyl (C=O) groups excluding carboxylic acids is 1. The molecule has 0 aromatic carbocycles. The van der Waals surface area contributed by atoms with Gasteiger partial charge in [-0.3, -0.25) is 13.8 Å². The van der Waals surface area contributed by atoms with Crippen molar-refractivity contribution in [3.05, 3.63) is 24.3 Å². The van der Waals surface area contributed by atoms with Crippen LogP contribution in [0.4, 0.5) is 0 Å². The van der Waals surface area contributed by atoms with Crippen molar-refractivity contribution in [2.24, 2.45) is 5.73 Å². The number of rotatable bonds is 35. The highest BCUT2D eigenvalue weighted by Crippen LogP contribution is 2.43. The smallest absolute Gasteiger partial charge is 0.457 e. The van der Waals surface area contributed by atoms with E-state index in [9.17, 15) is 14.3 Å². The predicted octanol–water partition coefficient (Wildman–Crippen LogP) is 10.1. The molecule has 9 heteroatoms. The van der Waals surface area contributed by atoms with Crippen LogP contribution in [0.5, 0.6) is 0 Å². The molecule has 2 unspecified atom stereocenters. The quantitative estimate of drug-likeness (QED) is 0.0299. The van der Waals surface area contributed by atoms with Gasteiger partial charge in [-0.25, -0.2) is 4.57 Å². The van der Waals surface area contributed by atoms with Gasteiger partial charge in [0.1, 0.15) is 6.10 Å². The zero-order valence-electron chi connectivity index (χ0n) is 29.1. The molecule has 266 valence electrons. The maximum Gasteiger partial charge on any atom is 0.472 e. The Morgan fingerprint density at radius 3 is 1.71 bits per heavy atom. The van der Waals surface area contributed by atoms with Crippen LogP contribution in [0, 0.1) is 0 Å². The molecule has 0 rings (SSSR count). The molecule has 0 bridgehead atoms. The van der Waals surface area contributed by atoms with Gasteiger partial charge in [-0.1, -0.05) is 122 Å². The second kappa shape index (κ2) is 34.3. The molecule has 0 aliphatic carbocycles. The van der Waals surface area contributed by atoms with Crippen LogP contribution in [0.2, 0.25) is 0 Å². The van der Waals surface area contributed by atoms with Crippen molar-refractivity contribution in [1.82, 2.24) is 0 Å². The Labute approximate surface area is 276 Å². The van der Waals surface area contributed by atoms with Crippen LogP contribution in [0.1, 0.15) is 162 Å². The van der Waals surface area contributed by atoms with E-state index in [2.05, 4.69) is 38.2 Å². The van der Waals surface area contributed by atoms with E-state index < -0.39 is 13.9 Å². The monoisotopic (exact) mass is 659 g/mol. The number of nitrogens with two attached hydrogens (primary N) is 1. The predicted molar refractivity (Wildman–Crippen MR) is 187 cm³/mol. The summed E-state index contributed by atoms with van der Waals surface area (Å²) in [6, 6.07) is 0. The maximum atomic E-state index is 12.5. The molecule has 0 spiro atoms. The minimum atomic E-state index is -4.27. The Kier molecular flexibility index (Phi) is 33.5. The van der Waals surface area contributed by atoms with Gasteiger partial charge in [0.15, 0.2) is 0 Å². The summed E-state index contributed by atoms with van der Waals surface area (Å²) in [6.07, 6.45) is 34.7. The lowest BCUT2D eigenvalue weighted by Crippen LogP contribution is -2.28. The third kappa shape index (κ3) is 34.1. The van der Waals surface area contributed by atoms with Crippen LogP contribution < -0.4 is 5.73 Å². The molecule has 0 amide bonds. The average Bonchev–Trinajstić information content (AvgIpc) is 3.02. The number of hydrogen-bond donors (Lipinski definition) is 2. The lowest BCUT2D eigenvalue weighted by atomic mass is 10.1. The molecule has 8 nitrogen and oxygen atoms in total. The summed E-state index contributed by atoms with van der Waals surface area (Å²) in [5.74, 6) is -0.343. The van der Waals surface area contributed by atoms with Crippen molar-refractivity contribution in [1.29, 1.82) is 0 Å². The second-order valence-electron chi connectivity index (χ2n) is 12.1. The summed E-state index contributed by atoms with van der Waals surface area (Å²) in [5, 5.41) is 0. The second-order valence-corrected chi connectivity index (χ2v) is 13.5. The number of carbonyl (C=O) groups is 1. The molecule has 0 fully saturated rings. The number of unbranched alkanes of at least 4 members (excludes halogenated alkanes) is 18. The van der Waals surface area contributed by atoms with Crippen LogP contribution in [0.15, 0.2) is 24.3 Å². The van der Waals surface area contributed by atoms with Crippen LogP contribution in [-0.2, 0) is 27.9 Å². The fourth-order valence-corrected chi connectivity index (χ4v) is 5.64. The average molecular weight is 660 g/mol. The molecule has 0 heterocycles. The minimum Gasteiger partial charge on any atom is -0.457 e. The van der Waals surface area contributed by atoms with Crippen molar-refractivity contribution >= 4 is 13.8 Å². The first-order valence-corrected chi connectivity index (χ1v) is 19.8. The lowest BCUT2D eigenvalue weighted by molar-refractivity contribution is -0.154. The Morgan fingerprint density at radius 2 is 1.16 bits per heavy atom. The Balaban J connectivity index is 4.12. The standard InChI is InChI=1S/C36H70NO7P/c1-3-5-7-9-11-13-15-16-17-18-19-21-23-25-27-29-36(38)44-35(34-43-45(39,40)42-32-30-37)33-41-31-28-26-24-22-20-14-12-10-8-6-4-2/h8,10,16-17,35H,3-7,9,11-15,18-34,37H2,1-2H3,(H,39,40)/b10-8-,17-16-. The van der Waals surface area contributed by atoms with E-state index in [1.165, 1.54) is 96.3 Å². The highest BCUT2D eigenvalue weighted by atomic mass is 31.2. The zero-order valence-corrected chi connectivity index (χ0v) is 30.0. The molecule has 0 radical (unpaired) electrons. The summed E-state index contributed by atoms with van der Waals surface area (Å²) in [5.41, 5.74) is 5.34. The van der Waals surface area contributed by atoms with Crippen LogP contribution in [0.25, 0.3) is 0 Å². The summed E-state index contributed by atoms with van der Waals surface area (Å²) in [6.45, 7) is 4.83. The zero-order chi connectivity index (χ0) is 33.1. The number of phosphoric ester groups is 1. The van der Waals surface area contributed by atoms with Crippen molar-refractivity contribution < 1.29 is 32.8 Å². The molecule has 0 aliphatic heterocycles. The third-order valence-electron chi connectivity index (χ3n) is 7.57. The van der Waals surface area contributed by atoms with E-state index in [1.54, 1.807) is 0 Å². The molecule has 0 saturated carbocycles. The van der Waals surface area contributed by atoms with Crippen molar-refractivity contribution in [3.8, 4) is 0 Å². The number of ether oxygens (including phenoxy) is 2. The SMILES string of the molecule is CCC/C=C\CCCCCCCCOCC(COP(=O)(O)OCCN)OC(=O)CCCCCCC/C=C\CCCCCCCC. The molecule has 45 heavy (non-hydrogen) atoms. The van der Waals surface area contributed by atoms with Gasteiger partial charge in [0.05, 0.1) is 19.8 Å². The van der Waals surface area contributed by atoms with E-state index in [0.717, 1.165) is 44.9 Å². The molecular formula is C36H70NO7P. The topological polar surface area (TPSA) is 117 Å². The first kappa shape index (κ1) is 44.0. The van der Waals surface area contributed by atoms with Gasteiger partial charge in [0.25, 0.3) is 0 Å². The largest absolute Gasteiger partial charge is 0.472 e. The van der Waals surface area contributed by atoms with Crippen molar-refractivity contribution in [3.63, 3.8) is 0 Å². The first-order valence-electron chi connectivity index (χ1n) is 18.3. The lowest BCUT2D eigenvalue weighted by Gasteiger charge is -2.20. The summed E-state index contributed by atoms with van der Waals surface area (Å²) >= 11 is 0. The van der Waals surface area contributed by atoms with Gasteiger partial charge in [0.2, 0.25) is 0 Å². The summed E-state index contributed by atoms with van der Waals surface area (Å²) in [4.78, 5) is 22.3. The Bertz CT molecular complexity index is 747.